The fourth-order valence-electron chi connectivity index (χ4n) is 0.764. The van der Waals surface area contributed by atoms with Crippen LogP contribution in [-0.4, -0.2) is 19.8 Å². The molecule has 0 aliphatic heterocycles. The molecule has 0 saturated carbocycles. The minimum absolute atomic E-state index is 0.0123. The monoisotopic (exact) mass is 219 g/mol. The second-order valence-electron chi connectivity index (χ2n) is 2.19. The molecule has 1 unspecified atom stereocenters. The maximum absolute atomic E-state index is 10.5. The number of aromatic carboxylic acids is 1. The Labute approximate surface area is 81.4 Å². The zero-order valence-electron chi connectivity index (χ0n) is 6.19. The van der Waals surface area contributed by atoms with E-state index in [1.54, 1.807) is 0 Å². The molecule has 6 heteroatoms. The topological polar surface area (TPSA) is 77.4 Å². The molecule has 1 rings (SSSR count). The molecule has 0 saturated heterocycles. The van der Waals surface area contributed by atoms with Crippen LogP contribution in [-0.2, 0) is 11.1 Å². The first-order chi connectivity index (χ1) is 6.02. The Balaban J connectivity index is 3.27. The van der Waals surface area contributed by atoms with Gasteiger partial charge >= 0.3 is 5.97 Å². The lowest BCUT2D eigenvalue weighted by Gasteiger charge is -2.07. The van der Waals surface area contributed by atoms with Gasteiger partial charge in [-0.25, -0.2) is 4.79 Å². The van der Waals surface area contributed by atoms with E-state index in [1.165, 1.54) is 12.1 Å². The van der Waals surface area contributed by atoms with Gasteiger partial charge in [0.2, 0.25) is 0 Å². The maximum Gasteiger partial charge on any atom is 0.335 e. The number of benzene rings is 1. The molecule has 0 heterocycles. The molecule has 0 aliphatic rings. The van der Waals surface area contributed by atoms with Crippen molar-refractivity contribution in [2.24, 2.45) is 0 Å². The molecule has 0 aromatic heterocycles. The van der Waals surface area contributed by atoms with Crippen molar-refractivity contribution in [1.82, 2.24) is 0 Å². The van der Waals surface area contributed by atoms with Gasteiger partial charge in [-0.15, -0.1) is 0 Å². The van der Waals surface area contributed by atoms with Crippen LogP contribution in [0.1, 0.15) is 10.4 Å². The molecular weight excluding hydrogens is 216 g/mol. The zero-order chi connectivity index (χ0) is 10.0. The summed E-state index contributed by atoms with van der Waals surface area (Å²) < 4.78 is 21.0. The smallest absolute Gasteiger partial charge is 0.335 e. The van der Waals surface area contributed by atoms with E-state index in [0.29, 0.717) is 0 Å². The largest absolute Gasteiger partial charge is 0.768 e. The fraction of sp³-hybridized carbons (Fsp3) is 0. The number of hydrogen-bond acceptors (Lipinski definition) is 3. The summed E-state index contributed by atoms with van der Waals surface area (Å²) in [4.78, 5) is 10.2. The number of hydrogen-bond donors (Lipinski definition) is 1. The van der Waals surface area contributed by atoms with Crippen molar-refractivity contribution in [2.75, 3.05) is 0 Å². The molecule has 0 amide bonds. The lowest BCUT2D eigenvalue weighted by molar-refractivity contribution is 0.0696. The third-order valence-electron chi connectivity index (χ3n) is 1.36. The summed E-state index contributed by atoms with van der Waals surface area (Å²) in [7, 11) is 0. The molecule has 1 atom stereocenters. The van der Waals surface area contributed by atoms with Crippen LogP contribution < -0.4 is 0 Å². The number of carbonyl (C=O) groups is 1. The van der Waals surface area contributed by atoms with Crippen molar-refractivity contribution in [3.8, 4) is 0 Å². The number of halogens is 1. The number of rotatable bonds is 2. The van der Waals surface area contributed by atoms with Crippen molar-refractivity contribution in [3.05, 3.63) is 28.8 Å². The van der Waals surface area contributed by atoms with E-state index in [9.17, 15) is 13.6 Å². The molecule has 0 fully saturated rings. The molecule has 0 aliphatic carbocycles. The molecule has 4 nitrogen and oxygen atoms in total. The third kappa shape index (κ3) is 2.27. The Morgan fingerprint density at radius 1 is 1.54 bits per heavy atom. The summed E-state index contributed by atoms with van der Waals surface area (Å²) >= 11 is 3.00. The molecule has 0 radical (unpaired) electrons. The highest BCUT2D eigenvalue weighted by molar-refractivity contribution is 7.79. The van der Waals surface area contributed by atoms with Gasteiger partial charge in [0.05, 0.1) is 10.6 Å². The number of carboxylic acids is 1. The molecule has 0 spiro atoms. The van der Waals surface area contributed by atoms with Crippen LogP contribution >= 0.6 is 11.6 Å². The number of carboxylic acid groups (broad SMARTS) is 1. The Morgan fingerprint density at radius 2 is 2.15 bits per heavy atom. The first kappa shape index (κ1) is 10.2. The van der Waals surface area contributed by atoms with Crippen molar-refractivity contribution < 1.29 is 18.7 Å². The predicted octanol–water partition coefficient (Wildman–Crippen LogP) is 1.28. The van der Waals surface area contributed by atoms with Gasteiger partial charge in [0.1, 0.15) is 0 Å². The molecule has 0 bridgehead atoms. The Kier molecular flexibility index (Phi) is 3.02. The van der Waals surface area contributed by atoms with E-state index >= 15 is 0 Å². The zero-order valence-corrected chi connectivity index (χ0v) is 7.76. The van der Waals surface area contributed by atoms with Crippen LogP contribution in [0.25, 0.3) is 0 Å². The minimum atomic E-state index is -2.51. The molecule has 13 heavy (non-hydrogen) atoms. The molecule has 1 N–H and O–H groups in total. The summed E-state index contributed by atoms with van der Waals surface area (Å²) in [6.45, 7) is 0. The van der Waals surface area contributed by atoms with E-state index in [4.69, 9.17) is 16.7 Å². The summed E-state index contributed by atoms with van der Waals surface area (Å²) in [6.07, 6.45) is 0. The highest BCUT2D eigenvalue weighted by atomic mass is 35.5. The van der Waals surface area contributed by atoms with Gasteiger partial charge in [-0.05, 0) is 29.3 Å². The maximum atomic E-state index is 10.5. The first-order valence-corrected chi connectivity index (χ1v) is 4.60. The van der Waals surface area contributed by atoms with Gasteiger partial charge < -0.3 is 9.66 Å². The van der Waals surface area contributed by atoms with Crippen molar-refractivity contribution in [2.45, 2.75) is 4.90 Å². The molecule has 1 aromatic carbocycles. The van der Waals surface area contributed by atoms with E-state index < -0.39 is 17.0 Å². The normalized spacial score (nSPS) is 12.5. The summed E-state index contributed by atoms with van der Waals surface area (Å²) in [6, 6.07) is 3.48. The van der Waals surface area contributed by atoms with Crippen LogP contribution in [0.3, 0.4) is 0 Å². The van der Waals surface area contributed by atoms with Crippen LogP contribution in [0.4, 0.5) is 0 Å². The highest BCUT2D eigenvalue weighted by Crippen LogP contribution is 2.20. The minimum Gasteiger partial charge on any atom is -0.768 e. The Hall–Kier alpha value is -0.910. The predicted molar refractivity (Wildman–Crippen MR) is 45.6 cm³/mol. The lowest BCUT2D eigenvalue weighted by atomic mass is 10.2. The van der Waals surface area contributed by atoms with Crippen molar-refractivity contribution >= 4 is 28.7 Å². The van der Waals surface area contributed by atoms with Crippen LogP contribution in [0, 0.1) is 0 Å². The van der Waals surface area contributed by atoms with Gasteiger partial charge in [-0.1, -0.05) is 11.6 Å². The Bertz CT molecular complexity index is 377. The van der Waals surface area contributed by atoms with Crippen molar-refractivity contribution in [1.29, 1.82) is 0 Å². The van der Waals surface area contributed by atoms with Crippen LogP contribution in [0.5, 0.6) is 0 Å². The van der Waals surface area contributed by atoms with E-state index in [0.717, 1.165) is 6.07 Å². The molecule has 1 aromatic rings. The van der Waals surface area contributed by atoms with Crippen LogP contribution in [0.15, 0.2) is 23.1 Å². The first-order valence-electron chi connectivity index (χ1n) is 3.14. The highest BCUT2D eigenvalue weighted by Gasteiger charge is 2.07. The van der Waals surface area contributed by atoms with Gasteiger partial charge in [0.25, 0.3) is 0 Å². The van der Waals surface area contributed by atoms with Crippen LogP contribution in [0.2, 0.25) is 5.02 Å². The average molecular weight is 220 g/mol. The summed E-state index contributed by atoms with van der Waals surface area (Å²) in [5, 5.41) is 8.55. The average Bonchev–Trinajstić information content (AvgIpc) is 2.04. The van der Waals surface area contributed by atoms with Gasteiger partial charge in [-0.3, -0.25) is 4.21 Å². The SMILES string of the molecule is O=C(O)c1ccc(Cl)c(S(=O)[O-])c1. The van der Waals surface area contributed by atoms with E-state index in [-0.39, 0.29) is 15.5 Å². The summed E-state index contributed by atoms with van der Waals surface area (Å²) in [5.41, 5.74) is -0.108. The molecular formula is C7H4ClO4S-. The van der Waals surface area contributed by atoms with Crippen molar-refractivity contribution in [3.63, 3.8) is 0 Å². The van der Waals surface area contributed by atoms with E-state index in [1.807, 2.05) is 0 Å². The van der Waals surface area contributed by atoms with Gasteiger partial charge in [0, 0.05) is 4.90 Å². The fourth-order valence-corrected chi connectivity index (χ4v) is 1.52. The van der Waals surface area contributed by atoms with Gasteiger partial charge in [-0.2, -0.15) is 0 Å². The summed E-state index contributed by atoms with van der Waals surface area (Å²) in [5.74, 6) is -1.19. The van der Waals surface area contributed by atoms with Gasteiger partial charge in [0.15, 0.2) is 0 Å². The lowest BCUT2D eigenvalue weighted by Crippen LogP contribution is -1.99. The third-order valence-corrected chi connectivity index (χ3v) is 2.50. The Morgan fingerprint density at radius 3 is 2.62 bits per heavy atom. The second kappa shape index (κ2) is 3.87. The standard InChI is InChI=1S/C7H5ClO4S/c8-5-2-1-4(7(9)10)3-6(5)13(11)12/h1-3H,(H,9,10)(H,11,12)/p-1. The second-order valence-corrected chi connectivity index (χ2v) is 3.50. The van der Waals surface area contributed by atoms with E-state index in [2.05, 4.69) is 0 Å². The quantitative estimate of drug-likeness (QED) is 0.760. The molecule has 70 valence electrons.